The summed E-state index contributed by atoms with van der Waals surface area (Å²) in [6, 6.07) is 22.7. The van der Waals surface area contributed by atoms with Crippen LogP contribution >= 0.6 is 0 Å². The lowest BCUT2D eigenvalue weighted by Gasteiger charge is -2.43. The van der Waals surface area contributed by atoms with E-state index in [9.17, 15) is 13.6 Å². The zero-order valence-corrected chi connectivity index (χ0v) is 19.0. The Bertz CT molecular complexity index is 1010. The van der Waals surface area contributed by atoms with Crippen molar-refractivity contribution in [3.63, 3.8) is 0 Å². The molecule has 0 N–H and O–H groups in total. The molecule has 0 aliphatic carbocycles. The smallest absolute Gasteiger partial charge is 0.237 e. The van der Waals surface area contributed by atoms with Gasteiger partial charge < -0.3 is 9.80 Å². The third-order valence-corrected chi connectivity index (χ3v) is 6.68. The summed E-state index contributed by atoms with van der Waals surface area (Å²) in [7, 11) is 2.07. The molecule has 0 spiro atoms. The largest absolute Gasteiger partial charge is 0.340 e. The lowest BCUT2D eigenvalue weighted by molar-refractivity contribution is -0.139. The van der Waals surface area contributed by atoms with Crippen LogP contribution in [0.2, 0.25) is 0 Å². The van der Waals surface area contributed by atoms with E-state index in [0.717, 1.165) is 37.1 Å². The molecule has 4 rings (SSSR count). The highest BCUT2D eigenvalue weighted by atomic mass is 19.1. The first kappa shape index (κ1) is 23.1. The Morgan fingerprint density at radius 1 is 0.848 bits per heavy atom. The Hall–Kier alpha value is -3.05. The van der Waals surface area contributed by atoms with Crippen LogP contribution in [0.15, 0.2) is 78.9 Å². The van der Waals surface area contributed by atoms with Gasteiger partial charge in [-0.1, -0.05) is 54.6 Å². The first-order valence-electron chi connectivity index (χ1n) is 11.5. The van der Waals surface area contributed by atoms with Gasteiger partial charge in [-0.15, -0.1) is 0 Å². The summed E-state index contributed by atoms with van der Waals surface area (Å²) in [5.41, 5.74) is 1.87. The summed E-state index contributed by atoms with van der Waals surface area (Å²) in [6.45, 7) is 2.98. The van der Waals surface area contributed by atoms with Crippen LogP contribution in [0, 0.1) is 11.6 Å². The lowest BCUT2D eigenvalue weighted by Crippen LogP contribution is -2.53. The van der Waals surface area contributed by atoms with Gasteiger partial charge in [-0.25, -0.2) is 8.78 Å². The molecule has 3 aromatic rings. The van der Waals surface area contributed by atoms with E-state index in [-0.39, 0.29) is 17.5 Å². The quantitative estimate of drug-likeness (QED) is 0.482. The van der Waals surface area contributed by atoms with Crippen molar-refractivity contribution in [2.75, 3.05) is 33.2 Å². The van der Waals surface area contributed by atoms with Gasteiger partial charge in [-0.05, 0) is 67.3 Å². The molecule has 0 bridgehead atoms. The fourth-order valence-corrected chi connectivity index (χ4v) is 4.77. The van der Waals surface area contributed by atoms with E-state index < -0.39 is 5.41 Å². The molecule has 1 fully saturated rings. The molecule has 1 aliphatic heterocycles. The maximum Gasteiger partial charge on any atom is 0.237 e. The monoisotopic (exact) mass is 448 g/mol. The van der Waals surface area contributed by atoms with Crippen molar-refractivity contribution in [2.45, 2.75) is 24.7 Å². The van der Waals surface area contributed by atoms with Crippen LogP contribution < -0.4 is 0 Å². The van der Waals surface area contributed by atoms with Gasteiger partial charge in [0.15, 0.2) is 0 Å². The number of amides is 1. The van der Waals surface area contributed by atoms with Crippen LogP contribution in [-0.4, -0.2) is 48.9 Å². The number of piperidine rings is 1. The molecule has 3 nitrogen and oxygen atoms in total. The van der Waals surface area contributed by atoms with E-state index in [1.807, 2.05) is 23.1 Å². The Balaban J connectivity index is 1.51. The Morgan fingerprint density at radius 3 is 2.00 bits per heavy atom. The van der Waals surface area contributed by atoms with Crippen molar-refractivity contribution in [3.05, 3.63) is 107 Å². The van der Waals surface area contributed by atoms with Crippen molar-refractivity contribution in [1.29, 1.82) is 0 Å². The SMILES string of the molecule is CN(CCc1ccccc1)CCN1CCCC(c2ccc(F)cc2)(c2ccc(F)cc2)C1=O. The molecule has 0 radical (unpaired) electrons. The summed E-state index contributed by atoms with van der Waals surface area (Å²) in [6.07, 6.45) is 2.40. The average molecular weight is 449 g/mol. The van der Waals surface area contributed by atoms with E-state index in [1.165, 1.54) is 29.8 Å². The summed E-state index contributed by atoms with van der Waals surface area (Å²) in [5, 5.41) is 0. The van der Waals surface area contributed by atoms with Gasteiger partial charge in [-0.2, -0.15) is 0 Å². The molecule has 1 amide bonds. The minimum atomic E-state index is -0.928. The van der Waals surface area contributed by atoms with Gasteiger partial charge in [0.25, 0.3) is 0 Å². The minimum absolute atomic E-state index is 0.00317. The van der Waals surface area contributed by atoms with E-state index in [2.05, 4.69) is 24.1 Å². The van der Waals surface area contributed by atoms with E-state index >= 15 is 0 Å². The molecule has 3 aromatic carbocycles. The maximum atomic E-state index is 13.9. The summed E-state index contributed by atoms with van der Waals surface area (Å²) >= 11 is 0. The van der Waals surface area contributed by atoms with Gasteiger partial charge >= 0.3 is 0 Å². The Kier molecular flexibility index (Phi) is 7.19. The van der Waals surface area contributed by atoms with Crippen LogP contribution in [0.3, 0.4) is 0 Å². The molecule has 1 heterocycles. The molecule has 33 heavy (non-hydrogen) atoms. The topological polar surface area (TPSA) is 23.6 Å². The van der Waals surface area contributed by atoms with Crippen molar-refractivity contribution in [3.8, 4) is 0 Å². The highest BCUT2D eigenvalue weighted by Crippen LogP contribution is 2.41. The van der Waals surface area contributed by atoms with E-state index in [1.54, 1.807) is 24.3 Å². The fraction of sp³-hybridized carbons (Fsp3) is 0.321. The van der Waals surface area contributed by atoms with Gasteiger partial charge in [0.2, 0.25) is 5.91 Å². The van der Waals surface area contributed by atoms with E-state index in [4.69, 9.17) is 0 Å². The molecule has 5 heteroatoms. The van der Waals surface area contributed by atoms with Crippen molar-refractivity contribution in [1.82, 2.24) is 9.80 Å². The number of carbonyl (C=O) groups is 1. The molecule has 1 saturated heterocycles. The number of benzene rings is 3. The van der Waals surface area contributed by atoms with Crippen molar-refractivity contribution < 1.29 is 13.6 Å². The molecule has 0 aromatic heterocycles. The molecule has 1 aliphatic rings. The molecule has 0 saturated carbocycles. The molecule has 0 unspecified atom stereocenters. The number of hydrogen-bond acceptors (Lipinski definition) is 2. The van der Waals surface area contributed by atoms with Gasteiger partial charge in [-0.3, -0.25) is 4.79 Å². The molecule has 0 atom stereocenters. The summed E-state index contributed by atoms with van der Waals surface area (Å²) < 4.78 is 27.3. The van der Waals surface area contributed by atoms with E-state index in [0.29, 0.717) is 19.5 Å². The fourth-order valence-electron chi connectivity index (χ4n) is 4.77. The first-order chi connectivity index (χ1) is 16.0. The minimum Gasteiger partial charge on any atom is -0.340 e. The maximum absolute atomic E-state index is 13.9. The van der Waals surface area contributed by atoms with Crippen molar-refractivity contribution >= 4 is 5.91 Å². The number of likely N-dealkylation sites (tertiary alicyclic amines) is 1. The summed E-state index contributed by atoms with van der Waals surface area (Å²) in [5.74, 6) is -0.676. The predicted molar refractivity (Wildman–Crippen MR) is 127 cm³/mol. The van der Waals surface area contributed by atoms with Crippen LogP contribution in [0.1, 0.15) is 29.5 Å². The zero-order chi connectivity index (χ0) is 23.3. The number of halogens is 2. The van der Waals surface area contributed by atoms with Crippen molar-refractivity contribution in [2.24, 2.45) is 0 Å². The van der Waals surface area contributed by atoms with Crippen LogP contribution in [0.5, 0.6) is 0 Å². The Labute approximate surface area is 194 Å². The second-order valence-corrected chi connectivity index (χ2v) is 8.85. The lowest BCUT2D eigenvalue weighted by atomic mass is 9.68. The second kappa shape index (κ2) is 10.3. The number of rotatable bonds is 8. The number of likely N-dealkylation sites (N-methyl/N-ethyl adjacent to an activating group) is 1. The van der Waals surface area contributed by atoms with Crippen LogP contribution in [-0.2, 0) is 16.6 Å². The molecular weight excluding hydrogens is 418 g/mol. The van der Waals surface area contributed by atoms with Crippen LogP contribution in [0.4, 0.5) is 8.78 Å². The molecule has 172 valence electrons. The number of nitrogens with zero attached hydrogens (tertiary/aromatic N) is 2. The zero-order valence-electron chi connectivity index (χ0n) is 19.0. The third-order valence-electron chi connectivity index (χ3n) is 6.68. The Morgan fingerprint density at radius 2 is 1.42 bits per heavy atom. The highest BCUT2D eigenvalue weighted by Gasteiger charge is 2.46. The molecular formula is C28H30F2N2O. The summed E-state index contributed by atoms with van der Waals surface area (Å²) in [4.78, 5) is 18.1. The normalized spacial score (nSPS) is 15.8. The first-order valence-corrected chi connectivity index (χ1v) is 11.5. The van der Waals surface area contributed by atoms with Gasteiger partial charge in [0.05, 0.1) is 5.41 Å². The van der Waals surface area contributed by atoms with Gasteiger partial charge in [0, 0.05) is 26.2 Å². The predicted octanol–water partition coefficient (Wildman–Crippen LogP) is 5.05. The van der Waals surface area contributed by atoms with Gasteiger partial charge in [0.1, 0.15) is 11.6 Å². The number of carbonyl (C=O) groups excluding carboxylic acids is 1. The second-order valence-electron chi connectivity index (χ2n) is 8.85. The average Bonchev–Trinajstić information content (AvgIpc) is 2.84. The highest BCUT2D eigenvalue weighted by molar-refractivity contribution is 5.93. The van der Waals surface area contributed by atoms with Crippen LogP contribution in [0.25, 0.3) is 0 Å². The standard InChI is InChI=1S/C28H30F2N2O/c1-31(19-16-22-6-3-2-4-7-22)20-21-32-18-5-17-28(27(32)33,23-8-12-25(29)13-9-23)24-10-14-26(30)15-11-24/h2-4,6-15H,5,16-21H2,1H3. The third kappa shape index (κ3) is 5.14. The number of hydrogen-bond donors (Lipinski definition) is 0.